The molecule has 0 radical (unpaired) electrons. The summed E-state index contributed by atoms with van der Waals surface area (Å²) in [5.41, 5.74) is 0.475. The van der Waals surface area contributed by atoms with E-state index in [4.69, 9.17) is 14.1 Å². The normalized spacial score (nSPS) is 17.7. The van der Waals surface area contributed by atoms with Crippen molar-refractivity contribution in [1.29, 1.82) is 0 Å². The molecule has 2 heterocycles. The van der Waals surface area contributed by atoms with Crippen LogP contribution in [0.15, 0.2) is 0 Å². The van der Waals surface area contributed by atoms with Crippen molar-refractivity contribution < 1.29 is 19.1 Å². The van der Waals surface area contributed by atoms with E-state index in [0.717, 1.165) is 31.6 Å². The molecule has 0 aliphatic carbocycles. The van der Waals surface area contributed by atoms with Gasteiger partial charge in [0.05, 0.1) is 24.2 Å². The highest BCUT2D eigenvalue weighted by Gasteiger charge is 2.30. The summed E-state index contributed by atoms with van der Waals surface area (Å²) in [6, 6.07) is 0.0341. The number of aromatic nitrogens is 2. The monoisotopic (exact) mass is 469 g/mol. The van der Waals surface area contributed by atoms with E-state index < -0.39 is 4.92 Å². The highest BCUT2D eigenvalue weighted by molar-refractivity contribution is 14.1. The summed E-state index contributed by atoms with van der Waals surface area (Å²) in [6.45, 7) is 3.36. The molecule has 1 atom stereocenters. The smallest absolute Gasteiger partial charge is 0.434 e. The average molecular weight is 469 g/mol. The zero-order chi connectivity index (χ0) is 17.5. The third-order valence-corrected chi connectivity index (χ3v) is 6.28. The van der Waals surface area contributed by atoms with E-state index in [2.05, 4.69) is 27.5 Å². The van der Waals surface area contributed by atoms with E-state index in [-0.39, 0.29) is 21.7 Å². The lowest BCUT2D eigenvalue weighted by Crippen LogP contribution is -2.23. The van der Waals surface area contributed by atoms with Gasteiger partial charge in [0.2, 0.25) is 0 Å². The second-order valence-corrected chi connectivity index (χ2v) is 8.54. The Morgan fingerprint density at radius 1 is 1.62 bits per heavy atom. The number of hydrogen-bond donors (Lipinski definition) is 0. The summed E-state index contributed by atoms with van der Waals surface area (Å²) < 4.78 is 18.0. The van der Waals surface area contributed by atoms with Gasteiger partial charge in [0, 0.05) is 13.7 Å². The van der Waals surface area contributed by atoms with Gasteiger partial charge in [0.25, 0.3) is 0 Å². The third kappa shape index (κ3) is 5.23. The molecule has 0 spiro atoms. The molecule has 1 saturated heterocycles. The average Bonchev–Trinajstić information content (AvgIpc) is 2.91. The molecule has 1 aromatic rings. The van der Waals surface area contributed by atoms with Crippen LogP contribution in [-0.2, 0) is 9.39 Å². The Morgan fingerprint density at radius 3 is 3.04 bits per heavy atom. The van der Waals surface area contributed by atoms with E-state index >= 15 is 0 Å². The van der Waals surface area contributed by atoms with Gasteiger partial charge in [-0.1, -0.05) is 22.4 Å². The van der Waals surface area contributed by atoms with E-state index in [1.807, 2.05) is 0 Å². The molecule has 0 amide bonds. The first-order chi connectivity index (χ1) is 11.5. The minimum absolute atomic E-state index is 0.0341. The Hall–Kier alpha value is -0.525. The molecular weight excluding hydrogens is 448 g/mol. The molecule has 1 aliphatic rings. The molecule has 0 saturated carbocycles. The molecule has 8 nitrogen and oxygen atoms in total. The predicted molar refractivity (Wildman–Crippen MR) is 102 cm³/mol. The largest absolute Gasteiger partial charge is 0.472 e. The SMILES string of the molecule is COB(I)SCCCOc1nn(C2CCCOC2)c(C)c1[N+](=O)[O-]. The maximum atomic E-state index is 11.4. The summed E-state index contributed by atoms with van der Waals surface area (Å²) in [7, 11) is 1.66. The Balaban J connectivity index is 1.99. The Kier molecular flexibility index (Phi) is 8.11. The van der Waals surface area contributed by atoms with Crippen molar-refractivity contribution >= 4 is 43.7 Å². The van der Waals surface area contributed by atoms with Crippen molar-refractivity contribution in [3.05, 3.63) is 15.8 Å². The molecule has 0 bridgehead atoms. The molecule has 2 rings (SSSR count). The van der Waals surface area contributed by atoms with Crippen molar-refractivity contribution in [2.45, 2.75) is 32.2 Å². The summed E-state index contributed by atoms with van der Waals surface area (Å²) >= 11 is 3.86. The maximum Gasteiger partial charge on any atom is 0.434 e. The van der Waals surface area contributed by atoms with Crippen LogP contribution in [-0.4, -0.2) is 51.4 Å². The number of hydrogen-bond acceptors (Lipinski definition) is 7. The Labute approximate surface area is 159 Å². The molecule has 1 unspecified atom stereocenters. The third-order valence-electron chi connectivity index (χ3n) is 3.71. The molecule has 11 heteroatoms. The van der Waals surface area contributed by atoms with Crippen molar-refractivity contribution in [3.8, 4) is 5.88 Å². The highest BCUT2D eigenvalue weighted by Crippen LogP contribution is 2.33. The van der Waals surface area contributed by atoms with Crippen LogP contribution in [0.4, 0.5) is 5.69 Å². The standard InChI is InChI=1S/C13H21BIN3O5S/c1-10-12(18(19)20)13(23-7-4-8-24-14(15)21-2)16-17(10)11-5-3-6-22-9-11/h11H,3-9H2,1-2H3. The number of rotatable bonds is 9. The summed E-state index contributed by atoms with van der Waals surface area (Å²) in [5, 5.41) is 15.7. The summed E-state index contributed by atoms with van der Waals surface area (Å²) in [4.78, 5) is 11.0. The van der Waals surface area contributed by atoms with E-state index in [9.17, 15) is 10.1 Å². The van der Waals surface area contributed by atoms with Crippen LogP contribution < -0.4 is 4.74 Å². The van der Waals surface area contributed by atoms with Gasteiger partial charge >= 0.3 is 15.6 Å². The molecule has 1 aliphatic heterocycles. The fourth-order valence-electron chi connectivity index (χ4n) is 2.53. The van der Waals surface area contributed by atoms with Crippen LogP contribution in [0.5, 0.6) is 5.88 Å². The topological polar surface area (TPSA) is 88.7 Å². The maximum absolute atomic E-state index is 11.4. The minimum Gasteiger partial charge on any atom is -0.472 e. The highest BCUT2D eigenvalue weighted by atomic mass is 127. The van der Waals surface area contributed by atoms with Gasteiger partial charge in [-0.05, 0) is 31.9 Å². The van der Waals surface area contributed by atoms with Crippen LogP contribution in [0.1, 0.15) is 31.0 Å². The zero-order valence-corrected chi connectivity index (χ0v) is 16.7. The van der Waals surface area contributed by atoms with Gasteiger partial charge in [0.1, 0.15) is 5.69 Å². The van der Waals surface area contributed by atoms with Crippen molar-refractivity contribution in [2.24, 2.45) is 0 Å². The van der Waals surface area contributed by atoms with Gasteiger partial charge in [-0.15, -0.1) is 5.10 Å². The molecule has 24 heavy (non-hydrogen) atoms. The molecular formula is C13H21BIN3O5S. The van der Waals surface area contributed by atoms with Crippen LogP contribution in [0, 0.1) is 17.0 Å². The molecule has 1 fully saturated rings. The number of nitro groups is 1. The fourth-order valence-corrected chi connectivity index (χ4v) is 3.90. The predicted octanol–water partition coefficient (Wildman–Crippen LogP) is 3.02. The van der Waals surface area contributed by atoms with Crippen molar-refractivity contribution in [1.82, 2.24) is 9.78 Å². The van der Waals surface area contributed by atoms with Gasteiger partial charge in [0.15, 0.2) is 0 Å². The summed E-state index contributed by atoms with van der Waals surface area (Å²) in [5.74, 6) is 0.955. The lowest BCUT2D eigenvalue weighted by molar-refractivity contribution is -0.386. The van der Waals surface area contributed by atoms with Crippen molar-refractivity contribution in [2.75, 3.05) is 32.7 Å². The van der Waals surface area contributed by atoms with E-state index in [1.165, 1.54) is 0 Å². The molecule has 0 aromatic carbocycles. The first kappa shape index (κ1) is 19.8. The van der Waals surface area contributed by atoms with Gasteiger partial charge in [-0.3, -0.25) is 14.8 Å². The van der Waals surface area contributed by atoms with E-state index in [0.29, 0.717) is 18.9 Å². The van der Waals surface area contributed by atoms with Gasteiger partial charge < -0.3 is 14.1 Å². The number of nitrogens with zero attached hydrogens (tertiary/aromatic N) is 3. The number of ether oxygens (including phenoxy) is 2. The molecule has 0 N–H and O–H groups in total. The fraction of sp³-hybridized carbons (Fsp3) is 0.769. The minimum atomic E-state index is -0.418. The van der Waals surface area contributed by atoms with Crippen molar-refractivity contribution in [3.63, 3.8) is 0 Å². The lowest BCUT2D eigenvalue weighted by Gasteiger charge is -2.22. The van der Waals surface area contributed by atoms with Crippen LogP contribution in [0.3, 0.4) is 0 Å². The van der Waals surface area contributed by atoms with E-state index in [1.54, 1.807) is 30.3 Å². The van der Waals surface area contributed by atoms with Gasteiger partial charge in [-0.2, -0.15) is 11.6 Å². The van der Waals surface area contributed by atoms with Gasteiger partial charge in [-0.25, -0.2) is 0 Å². The lowest BCUT2D eigenvalue weighted by atomic mass is 10.1. The zero-order valence-electron chi connectivity index (χ0n) is 13.8. The Bertz CT molecular complexity index is 556. The first-order valence-electron chi connectivity index (χ1n) is 7.77. The number of halogens is 1. The quantitative estimate of drug-likeness (QED) is 0.181. The van der Waals surface area contributed by atoms with Crippen LogP contribution in [0.25, 0.3) is 0 Å². The van der Waals surface area contributed by atoms with Crippen LogP contribution in [0.2, 0.25) is 0 Å². The molecule has 1 aromatic heterocycles. The van der Waals surface area contributed by atoms with Crippen LogP contribution >= 0.6 is 34.0 Å². The second-order valence-electron chi connectivity index (χ2n) is 5.39. The second kappa shape index (κ2) is 9.83. The Morgan fingerprint density at radius 2 is 2.42 bits per heavy atom. The first-order valence-corrected chi connectivity index (χ1v) is 10.1. The molecule has 134 valence electrons. The summed E-state index contributed by atoms with van der Waals surface area (Å²) in [6.07, 6.45) is 2.61.